The van der Waals surface area contributed by atoms with Crippen LogP contribution in [0.4, 0.5) is 5.82 Å². The summed E-state index contributed by atoms with van der Waals surface area (Å²) in [5, 5.41) is 13.2. The van der Waals surface area contributed by atoms with E-state index in [1.54, 1.807) is 6.20 Å². The maximum Gasteiger partial charge on any atom is 0.189 e. The molecule has 0 aliphatic carbocycles. The fourth-order valence-electron chi connectivity index (χ4n) is 1.11. The van der Waals surface area contributed by atoms with Crippen molar-refractivity contribution in [1.29, 1.82) is 0 Å². The van der Waals surface area contributed by atoms with Crippen LogP contribution in [0.25, 0.3) is 0 Å². The summed E-state index contributed by atoms with van der Waals surface area (Å²) in [6.07, 6.45) is 3.61. The minimum atomic E-state index is -0.0399. The van der Waals surface area contributed by atoms with Crippen LogP contribution in [0.2, 0.25) is 0 Å². The Kier molecular flexibility index (Phi) is 5.02. The molecule has 0 radical (unpaired) electrons. The molecule has 90 valence electrons. The van der Waals surface area contributed by atoms with Gasteiger partial charge in [0.05, 0.1) is 6.61 Å². The molecule has 0 amide bonds. The van der Waals surface area contributed by atoms with Crippen LogP contribution < -0.4 is 5.32 Å². The first kappa shape index (κ1) is 13.3. The average Bonchev–Trinajstić information content (AvgIpc) is 2.28. The molecule has 0 saturated heterocycles. The summed E-state index contributed by atoms with van der Waals surface area (Å²) < 4.78 is 0. The van der Waals surface area contributed by atoms with Crippen molar-refractivity contribution in [3.05, 3.63) is 11.8 Å². The number of thioether (sulfide) groups is 1. The Hall–Kier alpha value is -0.810. The minimum absolute atomic E-state index is 0.0399. The van der Waals surface area contributed by atoms with Gasteiger partial charge < -0.3 is 10.4 Å². The first-order valence-electron chi connectivity index (χ1n) is 5.35. The monoisotopic (exact) mass is 241 g/mol. The summed E-state index contributed by atoms with van der Waals surface area (Å²) in [4.78, 5) is 8.50. The van der Waals surface area contributed by atoms with Gasteiger partial charge in [-0.3, -0.25) is 0 Å². The lowest BCUT2D eigenvalue weighted by Crippen LogP contribution is -2.23. The number of hydrogen-bond donors (Lipinski definition) is 2. The highest BCUT2D eigenvalue weighted by atomic mass is 32.2. The highest BCUT2D eigenvalue weighted by molar-refractivity contribution is 7.98. The van der Waals surface area contributed by atoms with Gasteiger partial charge in [-0.05, 0) is 19.1 Å². The molecule has 1 aromatic rings. The lowest BCUT2D eigenvalue weighted by molar-refractivity contribution is 0.281. The first-order chi connectivity index (χ1) is 7.58. The van der Waals surface area contributed by atoms with Crippen molar-refractivity contribution in [3.8, 4) is 0 Å². The quantitative estimate of drug-likeness (QED) is 0.611. The molecule has 4 nitrogen and oxygen atoms in total. The Labute approximate surface area is 101 Å². The zero-order valence-corrected chi connectivity index (χ0v) is 11.0. The summed E-state index contributed by atoms with van der Waals surface area (Å²) in [5.74, 6) is 1.25. The van der Waals surface area contributed by atoms with Gasteiger partial charge >= 0.3 is 0 Å². The number of nitrogens with one attached hydrogen (secondary N) is 1. The highest BCUT2D eigenvalue weighted by Gasteiger charge is 2.11. The number of aliphatic hydroxyl groups is 1. The smallest absolute Gasteiger partial charge is 0.189 e. The molecule has 0 spiro atoms. The van der Waals surface area contributed by atoms with Crippen molar-refractivity contribution in [3.63, 3.8) is 0 Å². The second-order valence-electron chi connectivity index (χ2n) is 4.07. The fourth-order valence-corrected chi connectivity index (χ4v) is 1.45. The van der Waals surface area contributed by atoms with E-state index in [0.717, 1.165) is 16.5 Å². The molecule has 1 aromatic heterocycles. The van der Waals surface area contributed by atoms with Crippen molar-refractivity contribution in [1.82, 2.24) is 9.97 Å². The molecule has 0 aliphatic rings. The van der Waals surface area contributed by atoms with Crippen LogP contribution in [0, 0.1) is 5.92 Å². The van der Waals surface area contributed by atoms with Gasteiger partial charge in [-0.15, -0.1) is 0 Å². The van der Waals surface area contributed by atoms with Crippen LogP contribution in [0.15, 0.2) is 11.4 Å². The molecule has 0 aromatic carbocycles. The maximum absolute atomic E-state index is 9.21. The predicted octanol–water partition coefficient (Wildman–Crippen LogP) is 2.15. The molecule has 1 atom stereocenters. The van der Waals surface area contributed by atoms with Gasteiger partial charge in [0.15, 0.2) is 5.16 Å². The largest absolute Gasteiger partial charge is 0.391 e. The second-order valence-corrected chi connectivity index (χ2v) is 4.84. The Morgan fingerprint density at radius 3 is 2.62 bits per heavy atom. The van der Waals surface area contributed by atoms with E-state index in [1.807, 2.05) is 6.26 Å². The summed E-state index contributed by atoms with van der Waals surface area (Å²) in [6.45, 7) is 6.36. The van der Waals surface area contributed by atoms with Gasteiger partial charge in [0.25, 0.3) is 0 Å². The van der Waals surface area contributed by atoms with E-state index < -0.39 is 0 Å². The van der Waals surface area contributed by atoms with Crippen molar-refractivity contribution in [2.24, 2.45) is 5.92 Å². The zero-order chi connectivity index (χ0) is 12.1. The fraction of sp³-hybridized carbons (Fsp3) is 0.636. The Morgan fingerprint density at radius 1 is 1.44 bits per heavy atom. The first-order valence-corrected chi connectivity index (χ1v) is 6.58. The van der Waals surface area contributed by atoms with E-state index in [2.05, 4.69) is 36.1 Å². The average molecular weight is 241 g/mol. The number of nitrogens with zero attached hydrogens (tertiary/aromatic N) is 2. The van der Waals surface area contributed by atoms with Crippen molar-refractivity contribution in [2.45, 2.75) is 38.6 Å². The second kappa shape index (κ2) is 6.06. The molecular formula is C11H19N3OS. The van der Waals surface area contributed by atoms with E-state index in [0.29, 0.717) is 12.0 Å². The van der Waals surface area contributed by atoms with Crippen LogP contribution in [0.3, 0.4) is 0 Å². The van der Waals surface area contributed by atoms with Crippen LogP contribution >= 0.6 is 11.8 Å². The molecule has 0 unspecified atom stereocenters. The van der Waals surface area contributed by atoms with E-state index in [-0.39, 0.29) is 6.61 Å². The SMILES string of the molecule is CSc1ncc(CO)c(N[C@@H](C)C(C)C)n1. The molecule has 2 N–H and O–H groups in total. The summed E-state index contributed by atoms with van der Waals surface area (Å²) in [6, 6.07) is 0.315. The van der Waals surface area contributed by atoms with Gasteiger partial charge in [-0.1, -0.05) is 25.6 Å². The lowest BCUT2D eigenvalue weighted by atomic mass is 10.1. The highest BCUT2D eigenvalue weighted by Crippen LogP contribution is 2.18. The molecule has 5 heteroatoms. The zero-order valence-electron chi connectivity index (χ0n) is 10.2. The van der Waals surface area contributed by atoms with E-state index in [9.17, 15) is 5.11 Å². The van der Waals surface area contributed by atoms with Crippen molar-refractivity contribution < 1.29 is 5.11 Å². The van der Waals surface area contributed by atoms with E-state index in [1.165, 1.54) is 11.8 Å². The Bertz CT molecular complexity index is 344. The van der Waals surface area contributed by atoms with Gasteiger partial charge in [0.2, 0.25) is 0 Å². The molecule has 1 rings (SSSR count). The number of hydrogen-bond acceptors (Lipinski definition) is 5. The summed E-state index contributed by atoms with van der Waals surface area (Å²) in [5.41, 5.74) is 0.741. The van der Waals surface area contributed by atoms with Crippen LogP contribution in [-0.4, -0.2) is 27.4 Å². The van der Waals surface area contributed by atoms with Crippen molar-refractivity contribution in [2.75, 3.05) is 11.6 Å². The van der Waals surface area contributed by atoms with Gasteiger partial charge in [0.1, 0.15) is 5.82 Å². The molecule has 0 bridgehead atoms. The molecule has 1 heterocycles. The van der Waals surface area contributed by atoms with Crippen molar-refractivity contribution >= 4 is 17.6 Å². The van der Waals surface area contributed by atoms with Crippen LogP contribution in [0.5, 0.6) is 0 Å². The summed E-state index contributed by atoms with van der Waals surface area (Å²) in [7, 11) is 0. The van der Waals surface area contributed by atoms with E-state index in [4.69, 9.17) is 0 Å². The topological polar surface area (TPSA) is 58.0 Å². The lowest BCUT2D eigenvalue weighted by Gasteiger charge is -2.19. The van der Waals surface area contributed by atoms with Gasteiger partial charge in [0, 0.05) is 17.8 Å². The number of aromatic nitrogens is 2. The van der Waals surface area contributed by atoms with Gasteiger partial charge in [-0.2, -0.15) is 0 Å². The Morgan fingerprint density at radius 2 is 2.12 bits per heavy atom. The third-order valence-corrected chi connectivity index (χ3v) is 3.12. The summed E-state index contributed by atoms with van der Waals surface area (Å²) >= 11 is 1.49. The third-order valence-electron chi connectivity index (χ3n) is 2.56. The molecule has 16 heavy (non-hydrogen) atoms. The predicted molar refractivity (Wildman–Crippen MR) is 67.7 cm³/mol. The number of anilines is 1. The molecular weight excluding hydrogens is 222 g/mol. The maximum atomic E-state index is 9.21. The van der Waals surface area contributed by atoms with E-state index >= 15 is 0 Å². The van der Waals surface area contributed by atoms with Crippen LogP contribution in [0.1, 0.15) is 26.3 Å². The minimum Gasteiger partial charge on any atom is -0.391 e. The third kappa shape index (κ3) is 3.35. The van der Waals surface area contributed by atoms with Gasteiger partial charge in [-0.25, -0.2) is 9.97 Å². The molecule has 0 fully saturated rings. The standard InChI is InChI=1S/C11H19N3OS/c1-7(2)8(3)13-10-9(6-15)5-12-11(14-10)16-4/h5,7-8,15H,6H2,1-4H3,(H,12,13,14)/t8-/m0/s1. The molecule has 0 saturated carbocycles. The normalized spacial score (nSPS) is 12.9. The number of aliphatic hydroxyl groups excluding tert-OH is 1. The molecule has 0 aliphatic heterocycles. The van der Waals surface area contributed by atoms with Crippen LogP contribution in [-0.2, 0) is 6.61 Å². The Balaban J connectivity index is 2.91. The number of rotatable bonds is 5.